The Balaban J connectivity index is 0.927. The fraction of sp³-hybridized carbons (Fsp3) is 0.00971. The van der Waals surface area contributed by atoms with E-state index in [9.17, 15) is 8.22 Å². The van der Waals surface area contributed by atoms with Crippen molar-refractivity contribution in [1.82, 2.24) is 4.57 Å². The lowest BCUT2D eigenvalue weighted by atomic mass is 9.33. The molecule has 0 unspecified atom stereocenters. The molecule has 0 N–H and O–H groups in total. The van der Waals surface area contributed by atoms with E-state index in [2.05, 4.69) is 325 Å². The molecule has 6 heteroatoms. The molecule has 19 aromatic rings. The molecule has 0 saturated carbocycles. The predicted molar refractivity (Wildman–Crippen MR) is 453 cm³/mol. The van der Waals surface area contributed by atoms with Gasteiger partial charge in [-0.1, -0.05) is 321 Å². The van der Waals surface area contributed by atoms with E-state index in [0.717, 1.165) is 162 Å². The first-order valence-electron chi connectivity index (χ1n) is 40.9. The molecule has 2 aromatic heterocycles. The summed E-state index contributed by atoms with van der Waals surface area (Å²) in [6.07, 6.45) is 0. The summed E-state index contributed by atoms with van der Waals surface area (Å²) in [5.41, 5.74) is 24.7. The number of anilines is 6. The molecule has 3 aliphatic rings. The minimum absolute atomic E-state index is 0.0108. The lowest BCUT2D eigenvalue weighted by Crippen LogP contribution is -2.61. The lowest BCUT2D eigenvalue weighted by Gasteiger charge is -2.46. The zero-order valence-corrected chi connectivity index (χ0v) is 58.7. The number of rotatable bonds is 11. The Morgan fingerprint density at radius 2 is 0.725 bits per heavy atom. The second-order valence-electron chi connectivity index (χ2n) is 28.3. The first-order valence-corrected chi connectivity index (χ1v) is 36.9. The summed E-state index contributed by atoms with van der Waals surface area (Å²) < 4.78 is 91.5. The van der Waals surface area contributed by atoms with Crippen LogP contribution in [0.3, 0.4) is 0 Å². The van der Waals surface area contributed by atoms with Crippen LogP contribution in [0.15, 0.2) is 405 Å². The summed E-state index contributed by atoms with van der Waals surface area (Å²) in [5, 5.41) is 1.99. The van der Waals surface area contributed by atoms with Crippen LogP contribution in [0, 0.1) is 0 Å². The number of ether oxygens (including phenoxy) is 1. The maximum absolute atomic E-state index is 9.92. The van der Waals surface area contributed by atoms with Crippen LogP contribution in [-0.4, -0.2) is 11.3 Å². The first kappa shape index (κ1) is 54.4. The van der Waals surface area contributed by atoms with Crippen molar-refractivity contribution in [3.8, 4) is 83.9 Å². The second-order valence-corrected chi connectivity index (χ2v) is 28.3. The number of furan rings is 1. The van der Waals surface area contributed by atoms with Crippen LogP contribution in [0.25, 0.3) is 116 Å². The first-order chi connectivity index (χ1) is 57.4. The van der Waals surface area contributed by atoms with Crippen LogP contribution >= 0.6 is 0 Å². The van der Waals surface area contributed by atoms with Crippen LogP contribution in [-0.2, 0) is 5.41 Å². The summed E-state index contributed by atoms with van der Waals surface area (Å²) in [4.78, 5) is 4.96. The van der Waals surface area contributed by atoms with Gasteiger partial charge < -0.3 is 23.5 Å². The molecule has 0 amide bonds. The molecule has 3 aliphatic heterocycles. The third-order valence-corrected chi connectivity index (χ3v) is 22.6. The molecule has 508 valence electrons. The van der Waals surface area contributed by atoms with Gasteiger partial charge in [-0.05, 0) is 151 Å². The van der Waals surface area contributed by atoms with E-state index >= 15 is 0 Å². The molecule has 0 aliphatic carbocycles. The highest BCUT2D eigenvalue weighted by Gasteiger charge is 2.48. The molecular weight excluding hydrogens is 1320 g/mol. The number of nitrogens with zero attached hydrogens (tertiary/aromatic N) is 3. The molecule has 0 radical (unpaired) electrons. The van der Waals surface area contributed by atoms with E-state index < -0.39 is 48.4 Å². The van der Waals surface area contributed by atoms with E-state index in [1.54, 1.807) is 4.57 Å². The Morgan fingerprint density at radius 1 is 0.294 bits per heavy atom. The van der Waals surface area contributed by atoms with Gasteiger partial charge in [-0.15, -0.1) is 0 Å². The number of benzene rings is 17. The van der Waals surface area contributed by atoms with Gasteiger partial charge in [-0.3, -0.25) is 0 Å². The molecule has 17 aromatic carbocycles. The average molecular weight is 1400 g/mol. The van der Waals surface area contributed by atoms with E-state index in [-0.39, 0.29) is 33.9 Å². The molecule has 0 atom stereocenters. The van der Waals surface area contributed by atoms with Gasteiger partial charge in [0.05, 0.1) is 38.8 Å². The molecule has 0 bridgehead atoms. The Kier molecular flexibility index (Phi) is 12.5. The molecule has 0 spiro atoms. The maximum atomic E-state index is 9.92. The molecule has 5 nitrogen and oxygen atoms in total. The van der Waals surface area contributed by atoms with Crippen LogP contribution in [0.2, 0.25) is 0 Å². The molecule has 109 heavy (non-hydrogen) atoms. The molecule has 0 saturated heterocycles. The van der Waals surface area contributed by atoms with Gasteiger partial charge >= 0.3 is 0 Å². The number of aromatic nitrogens is 1. The van der Waals surface area contributed by atoms with Crippen LogP contribution in [0.4, 0.5) is 34.1 Å². The van der Waals surface area contributed by atoms with Gasteiger partial charge in [-0.2, -0.15) is 0 Å². The fourth-order valence-electron chi connectivity index (χ4n) is 17.9. The van der Waals surface area contributed by atoms with Gasteiger partial charge in [0.1, 0.15) is 22.7 Å². The van der Waals surface area contributed by atoms with Gasteiger partial charge in [0.25, 0.3) is 6.71 Å². The van der Waals surface area contributed by atoms with Crippen molar-refractivity contribution in [2.45, 2.75) is 5.41 Å². The third kappa shape index (κ3) is 9.68. The van der Waals surface area contributed by atoms with Gasteiger partial charge in [0.2, 0.25) is 0 Å². The summed E-state index contributed by atoms with van der Waals surface area (Å²) in [6, 6.07) is 121. The molecule has 5 heterocycles. The zero-order chi connectivity index (χ0) is 78.6. The monoisotopic (exact) mass is 1400 g/mol. The highest BCUT2D eigenvalue weighted by molar-refractivity contribution is 7.00. The smallest absolute Gasteiger partial charge is 0.252 e. The SMILES string of the molecule is [2H]c1c([2H])c([2H])c2c(c1[2H])c1c([2H])c([2H])c([2H])c([2H])c1n2-c1ccc2c(c1)N(c1c(-c3ccccc3)cccc1-c1ccccc1)c1cc(-c3ccc4c(c3)C(c3ccccc3)(c3ccccc3)c3ccccc3O4)cc3c1B2c1ccc(-c2ccc4oc5ccccc5c4c2)cc1N3c1c(-c2ccccc2)cccc1-c1ccccc1. The van der Waals surface area contributed by atoms with Crippen molar-refractivity contribution in [2.24, 2.45) is 0 Å². The largest absolute Gasteiger partial charge is 0.457 e. The van der Waals surface area contributed by atoms with Crippen molar-refractivity contribution in [1.29, 1.82) is 0 Å². The number of hydrogen-bond donors (Lipinski definition) is 0. The molecule has 22 rings (SSSR count). The summed E-state index contributed by atoms with van der Waals surface area (Å²) in [5.74, 6) is 1.47. The van der Waals surface area contributed by atoms with Crippen molar-refractivity contribution in [3.05, 3.63) is 422 Å². The standard InChI is InChI=1S/C103H66BN3O2/c1-7-29-67(30-8-1)78-44-27-45-79(68-31-9-2-10-32-68)101(78)106-92-63-73(71-54-59-97-85(61-71)84-43-21-25-51-96(84)108-97)53-57-88(92)104-89-58-56-77(105-90-49-23-19-41-82(90)83-42-20-24-50-91(83)105)66-93(89)107(102-80(69-33-11-3-12-34-69)46-28-47-81(102)70-35-13-4-14-36-70)95-65-74(64-94(106)100(95)104)72-55-60-99-87(62-72)103(75-37-15-5-16-38-75,76-39-17-6-18-40-76)86-48-22-26-52-98(86)109-99/h1-66H/i19D,20D,23D,24D,41D,42D,49D,50D. The summed E-state index contributed by atoms with van der Waals surface area (Å²) >= 11 is 0. The minimum atomic E-state index is -0.902. The average Bonchev–Trinajstić information content (AvgIpc) is 0.699. The van der Waals surface area contributed by atoms with Gasteiger partial charge in [0, 0.05) is 83.4 Å². The maximum Gasteiger partial charge on any atom is 0.252 e. The van der Waals surface area contributed by atoms with Crippen molar-refractivity contribution in [2.75, 3.05) is 9.80 Å². The van der Waals surface area contributed by atoms with Crippen LogP contribution in [0.1, 0.15) is 33.2 Å². The van der Waals surface area contributed by atoms with E-state index in [0.29, 0.717) is 17.1 Å². The highest BCUT2D eigenvalue weighted by Crippen LogP contribution is 2.59. The lowest BCUT2D eigenvalue weighted by molar-refractivity contribution is 0.434. The number of para-hydroxylation sites is 6. The predicted octanol–water partition coefficient (Wildman–Crippen LogP) is 25.3. The fourth-order valence-corrected chi connectivity index (χ4v) is 17.9. The van der Waals surface area contributed by atoms with Gasteiger partial charge in [0.15, 0.2) is 0 Å². The summed E-state index contributed by atoms with van der Waals surface area (Å²) in [6.45, 7) is -0.567. The zero-order valence-electron chi connectivity index (χ0n) is 66.7. The van der Waals surface area contributed by atoms with Crippen LogP contribution < -0.4 is 30.9 Å². The van der Waals surface area contributed by atoms with Gasteiger partial charge in [-0.25, -0.2) is 0 Å². The van der Waals surface area contributed by atoms with Crippen molar-refractivity contribution >= 4 is 101 Å². The Labute approximate surface area is 643 Å². The van der Waals surface area contributed by atoms with E-state index in [1.807, 2.05) is 36.4 Å². The van der Waals surface area contributed by atoms with E-state index in [1.165, 1.54) is 0 Å². The van der Waals surface area contributed by atoms with Crippen molar-refractivity contribution in [3.63, 3.8) is 0 Å². The Morgan fingerprint density at radius 3 is 1.29 bits per heavy atom. The third-order valence-electron chi connectivity index (χ3n) is 22.6. The van der Waals surface area contributed by atoms with E-state index in [4.69, 9.17) is 11.9 Å². The quantitative estimate of drug-likeness (QED) is 0.121. The highest BCUT2D eigenvalue weighted by atomic mass is 16.5. The normalized spacial score (nSPS) is 14.1. The number of fused-ring (bicyclic) bond motifs is 12. The van der Waals surface area contributed by atoms with Crippen LogP contribution in [0.5, 0.6) is 11.5 Å². The molecular formula is C103H66BN3O2. The number of hydrogen-bond acceptors (Lipinski definition) is 4. The van der Waals surface area contributed by atoms with Crippen molar-refractivity contribution < 1.29 is 20.1 Å². The minimum Gasteiger partial charge on any atom is -0.457 e. The second kappa shape index (κ2) is 25.0. The topological polar surface area (TPSA) is 33.8 Å². The Hall–Kier alpha value is -14.2. The molecule has 0 fully saturated rings. The summed E-state index contributed by atoms with van der Waals surface area (Å²) in [7, 11) is 0. The Bertz CT molecular complexity index is 7120.